The van der Waals surface area contributed by atoms with Gasteiger partial charge in [-0.15, -0.1) is 0 Å². The second kappa shape index (κ2) is 11.6. The van der Waals surface area contributed by atoms with E-state index in [2.05, 4.69) is 14.8 Å². The molecule has 0 radical (unpaired) electrons. The molecule has 3 rings (SSSR count). The van der Waals surface area contributed by atoms with Crippen LogP contribution in [0.5, 0.6) is 0 Å². The van der Waals surface area contributed by atoms with Crippen LogP contribution in [-0.2, 0) is 28.7 Å². The first-order chi connectivity index (χ1) is 12.7. The Bertz CT molecular complexity index is 524. The predicted molar refractivity (Wildman–Crippen MR) is 93.0 cm³/mol. The molecule has 2 heterocycles. The minimum absolute atomic E-state index is 0.188. The highest BCUT2D eigenvalue weighted by Gasteiger charge is 2.43. The molecule has 4 atom stereocenters. The van der Waals surface area contributed by atoms with Crippen LogP contribution in [-0.4, -0.2) is 59.4 Å². The monoisotopic (exact) mass is 385 g/mol. The molecule has 2 fully saturated rings. The average molecular weight is 385 g/mol. The smallest absolute Gasteiger partial charge is 0.317 e. The number of aliphatic hydroxyl groups is 2. The summed E-state index contributed by atoms with van der Waals surface area (Å²) in [5.74, 6) is -1.86. The molecule has 0 aromatic carbocycles. The molecule has 0 amide bonds. The highest BCUT2D eigenvalue weighted by Crippen LogP contribution is 2.32. The molecule has 9 nitrogen and oxygen atoms in total. The van der Waals surface area contributed by atoms with Crippen LogP contribution in [0.15, 0.2) is 12.2 Å². The molecule has 0 bridgehead atoms. The van der Waals surface area contributed by atoms with Gasteiger partial charge in [0.05, 0.1) is 36.9 Å². The lowest BCUT2D eigenvalue weighted by molar-refractivity contribution is -0.154. The Labute approximate surface area is 157 Å². The first-order valence-corrected chi connectivity index (χ1v) is 8.91. The molecule has 0 aromatic rings. The van der Waals surface area contributed by atoms with E-state index in [0.29, 0.717) is 25.9 Å². The first-order valence-electron chi connectivity index (χ1n) is 8.91. The fourth-order valence-electron chi connectivity index (χ4n) is 2.52. The molecule has 2 aliphatic heterocycles. The molecule has 1 aliphatic carbocycles. The molecule has 27 heavy (non-hydrogen) atoms. The van der Waals surface area contributed by atoms with Crippen LogP contribution in [0.4, 0.5) is 0 Å². The minimum Gasteiger partial charge on any atom is -0.393 e. The van der Waals surface area contributed by atoms with Gasteiger partial charge in [-0.25, -0.2) is 0 Å². The number of aliphatic hydroxyl groups excluding tert-OH is 2. The number of rotatable bonds is 4. The van der Waals surface area contributed by atoms with Crippen molar-refractivity contribution in [3.8, 4) is 0 Å². The number of hydrogen-bond acceptors (Lipinski definition) is 9. The summed E-state index contributed by atoms with van der Waals surface area (Å²) < 4.78 is 8.57. The third-order valence-electron chi connectivity index (χ3n) is 3.88. The SMILES string of the molecule is CC(O)CNCC(C)O.O=C1CCC(=O)O1.O=C1OC(=O)[C@@H]2CC=CC[C@H]12. The zero-order valence-corrected chi connectivity index (χ0v) is 15.6. The number of cyclic esters (lactones) is 4. The fourth-order valence-corrected chi connectivity index (χ4v) is 2.52. The van der Waals surface area contributed by atoms with E-state index in [1.807, 2.05) is 12.2 Å². The van der Waals surface area contributed by atoms with Crippen molar-refractivity contribution in [2.75, 3.05) is 13.1 Å². The van der Waals surface area contributed by atoms with Gasteiger partial charge < -0.3 is 25.0 Å². The first kappa shape index (κ1) is 22.9. The van der Waals surface area contributed by atoms with Gasteiger partial charge in [-0.2, -0.15) is 0 Å². The van der Waals surface area contributed by atoms with E-state index in [0.717, 1.165) is 0 Å². The molecule has 3 N–H and O–H groups in total. The van der Waals surface area contributed by atoms with Gasteiger partial charge in [0.15, 0.2) is 0 Å². The molecule has 0 spiro atoms. The van der Waals surface area contributed by atoms with Crippen LogP contribution in [0.1, 0.15) is 39.5 Å². The van der Waals surface area contributed by atoms with Crippen molar-refractivity contribution in [3.63, 3.8) is 0 Å². The molecular formula is C18H27NO8. The number of carbonyl (C=O) groups excluding carboxylic acids is 4. The number of nitrogens with one attached hydrogen (secondary N) is 1. The average Bonchev–Trinajstić information content (AvgIpc) is 3.11. The van der Waals surface area contributed by atoms with E-state index < -0.39 is 11.9 Å². The third kappa shape index (κ3) is 8.89. The van der Waals surface area contributed by atoms with Crippen molar-refractivity contribution in [1.29, 1.82) is 0 Å². The standard InChI is InChI=1S/C8H8O3.C6H15NO2.C4H4O3/c9-7-5-3-1-2-4-6(5)8(10)11-7;1-5(8)3-7-4-6(2)9;5-3-1-2-4(6)7-3/h1-2,5-6H,3-4H2;5-9H,3-4H2,1-2H3;1-2H2/t5-,6+;;. The summed E-state index contributed by atoms with van der Waals surface area (Å²) in [6.45, 7) is 4.50. The van der Waals surface area contributed by atoms with Gasteiger partial charge in [0.25, 0.3) is 0 Å². The maximum atomic E-state index is 10.9. The maximum absolute atomic E-state index is 10.9. The quantitative estimate of drug-likeness (QED) is 0.342. The lowest BCUT2D eigenvalue weighted by Crippen LogP contribution is -2.30. The zero-order valence-electron chi connectivity index (χ0n) is 15.6. The van der Waals surface area contributed by atoms with E-state index >= 15 is 0 Å². The Hall–Kier alpha value is -2.10. The number of ether oxygens (including phenoxy) is 2. The molecular weight excluding hydrogens is 358 g/mol. The Kier molecular flexibility index (Phi) is 9.84. The van der Waals surface area contributed by atoms with Crippen LogP contribution in [0, 0.1) is 11.8 Å². The van der Waals surface area contributed by atoms with Crippen LogP contribution in [0.3, 0.4) is 0 Å². The normalized spacial score (nSPS) is 25.3. The summed E-state index contributed by atoms with van der Waals surface area (Å²) in [5, 5.41) is 20.3. The molecule has 152 valence electrons. The topological polar surface area (TPSA) is 139 Å². The molecule has 2 saturated heterocycles. The van der Waals surface area contributed by atoms with Crippen molar-refractivity contribution in [2.24, 2.45) is 11.8 Å². The number of fused-ring (bicyclic) bond motifs is 1. The van der Waals surface area contributed by atoms with Crippen molar-refractivity contribution < 1.29 is 38.9 Å². The lowest BCUT2D eigenvalue weighted by atomic mass is 9.85. The number of carbonyl (C=O) groups is 4. The summed E-state index contributed by atoms with van der Waals surface area (Å²) in [6.07, 6.45) is 5.05. The van der Waals surface area contributed by atoms with Crippen LogP contribution in [0.25, 0.3) is 0 Å². The molecule has 9 heteroatoms. The van der Waals surface area contributed by atoms with Gasteiger partial charge in [0, 0.05) is 13.1 Å². The summed E-state index contributed by atoms with van der Waals surface area (Å²) in [6, 6.07) is 0. The van der Waals surface area contributed by atoms with Crippen molar-refractivity contribution in [1.82, 2.24) is 5.32 Å². The molecule has 0 aromatic heterocycles. The van der Waals surface area contributed by atoms with E-state index in [9.17, 15) is 19.2 Å². The molecule has 3 aliphatic rings. The largest absolute Gasteiger partial charge is 0.393 e. The van der Waals surface area contributed by atoms with Gasteiger partial charge >= 0.3 is 23.9 Å². The molecule has 2 unspecified atom stereocenters. The number of esters is 4. The van der Waals surface area contributed by atoms with Gasteiger partial charge in [0.1, 0.15) is 0 Å². The zero-order chi connectivity index (χ0) is 20.4. The Morgan fingerprint density at radius 3 is 1.59 bits per heavy atom. The number of hydrogen-bond donors (Lipinski definition) is 3. The van der Waals surface area contributed by atoms with Crippen molar-refractivity contribution in [3.05, 3.63) is 12.2 Å². The minimum atomic E-state index is -0.398. The lowest BCUT2D eigenvalue weighted by Gasteiger charge is -2.12. The summed E-state index contributed by atoms with van der Waals surface area (Å²) >= 11 is 0. The van der Waals surface area contributed by atoms with Crippen molar-refractivity contribution >= 4 is 23.9 Å². The Morgan fingerprint density at radius 2 is 1.30 bits per heavy atom. The van der Waals surface area contributed by atoms with Gasteiger partial charge in [-0.1, -0.05) is 12.2 Å². The van der Waals surface area contributed by atoms with Gasteiger partial charge in [-0.3, -0.25) is 19.2 Å². The van der Waals surface area contributed by atoms with E-state index in [4.69, 9.17) is 10.2 Å². The Morgan fingerprint density at radius 1 is 0.889 bits per heavy atom. The summed E-state index contributed by atoms with van der Waals surface area (Å²) in [5.41, 5.74) is 0. The second-order valence-corrected chi connectivity index (χ2v) is 6.60. The third-order valence-corrected chi connectivity index (χ3v) is 3.88. The van der Waals surface area contributed by atoms with E-state index in [1.54, 1.807) is 13.8 Å². The Balaban J connectivity index is 0.000000208. The highest BCUT2D eigenvalue weighted by atomic mass is 16.6. The van der Waals surface area contributed by atoms with E-state index in [-0.39, 0.29) is 48.8 Å². The fraction of sp³-hybridized carbons (Fsp3) is 0.667. The van der Waals surface area contributed by atoms with Gasteiger partial charge in [-0.05, 0) is 26.7 Å². The van der Waals surface area contributed by atoms with Gasteiger partial charge in [0.2, 0.25) is 0 Å². The van der Waals surface area contributed by atoms with Crippen LogP contribution in [0.2, 0.25) is 0 Å². The predicted octanol–water partition coefficient (Wildman–Crippen LogP) is -0.160. The summed E-state index contributed by atoms with van der Waals surface area (Å²) in [4.78, 5) is 41.9. The molecule has 0 saturated carbocycles. The van der Waals surface area contributed by atoms with Crippen molar-refractivity contribution in [2.45, 2.75) is 51.7 Å². The second-order valence-electron chi connectivity index (χ2n) is 6.60. The van der Waals surface area contributed by atoms with Crippen LogP contribution < -0.4 is 5.32 Å². The van der Waals surface area contributed by atoms with Crippen LogP contribution >= 0.6 is 0 Å². The van der Waals surface area contributed by atoms with E-state index in [1.165, 1.54) is 0 Å². The maximum Gasteiger partial charge on any atom is 0.317 e. The summed E-state index contributed by atoms with van der Waals surface area (Å²) in [7, 11) is 0. The highest BCUT2D eigenvalue weighted by molar-refractivity contribution is 5.96. The number of allylic oxidation sites excluding steroid dienone is 2.